The first kappa shape index (κ1) is 21.2. The maximum Gasteiger partial charge on any atom is 0.437 e. The summed E-state index contributed by atoms with van der Waals surface area (Å²) in [5.74, 6) is -0.295. The fourth-order valence-corrected chi connectivity index (χ4v) is 2.77. The van der Waals surface area contributed by atoms with Crippen molar-refractivity contribution in [1.82, 2.24) is 25.3 Å². The molecule has 0 spiro atoms. The number of benzene rings is 1. The van der Waals surface area contributed by atoms with E-state index >= 15 is 0 Å². The first-order chi connectivity index (χ1) is 14.3. The zero-order valence-corrected chi connectivity index (χ0v) is 16.0. The predicted molar refractivity (Wildman–Crippen MR) is 105 cm³/mol. The van der Waals surface area contributed by atoms with Crippen LogP contribution in [-0.4, -0.2) is 45.6 Å². The monoisotopic (exact) mass is 418 g/mol. The van der Waals surface area contributed by atoms with Gasteiger partial charge in [-0.15, -0.1) is 0 Å². The number of H-pyrrole nitrogens is 1. The molecule has 0 aliphatic carbocycles. The molecular weight excluding hydrogens is 400 g/mol. The summed E-state index contributed by atoms with van der Waals surface area (Å²) in [6.45, 7) is 4.13. The van der Waals surface area contributed by atoms with E-state index in [1.165, 1.54) is 30.5 Å². The third kappa shape index (κ3) is 5.07. The number of alkyl halides is 3. The van der Waals surface area contributed by atoms with Gasteiger partial charge in [-0.25, -0.2) is 4.39 Å². The zero-order valence-electron chi connectivity index (χ0n) is 16.0. The largest absolute Gasteiger partial charge is 0.437 e. The van der Waals surface area contributed by atoms with E-state index < -0.39 is 11.9 Å². The Labute approximate surface area is 170 Å². The summed E-state index contributed by atoms with van der Waals surface area (Å²) in [5, 5.41) is 8.84. The molecule has 3 rings (SSSR count). The quantitative estimate of drug-likeness (QED) is 0.461. The first-order valence-corrected chi connectivity index (χ1v) is 8.86. The van der Waals surface area contributed by atoms with Crippen LogP contribution in [0.5, 0.6) is 0 Å². The molecule has 6 nitrogen and oxygen atoms in total. The van der Waals surface area contributed by atoms with E-state index in [4.69, 9.17) is 0 Å². The molecule has 156 valence electrons. The highest BCUT2D eigenvalue weighted by molar-refractivity contribution is 5.70. The molecule has 0 bridgehead atoms. The normalized spacial score (nSPS) is 12.1. The number of nitrogens with one attached hydrogen (secondary N) is 1. The average molecular weight is 418 g/mol. The highest BCUT2D eigenvalue weighted by Crippen LogP contribution is 2.34. The Kier molecular flexibility index (Phi) is 6.24. The van der Waals surface area contributed by atoms with Crippen LogP contribution in [0, 0.1) is 5.82 Å². The maximum atomic E-state index is 13.1. The van der Waals surface area contributed by atoms with Crippen LogP contribution >= 0.6 is 0 Å². The Morgan fingerprint density at radius 3 is 2.60 bits per heavy atom. The third-order valence-electron chi connectivity index (χ3n) is 4.29. The molecule has 0 aliphatic heterocycles. The number of aromatic amines is 1. The van der Waals surface area contributed by atoms with Gasteiger partial charge < -0.3 is 4.90 Å². The molecule has 2 heterocycles. The van der Waals surface area contributed by atoms with Crippen LogP contribution in [0.3, 0.4) is 0 Å². The molecule has 0 unspecified atom stereocenters. The second-order valence-corrected chi connectivity index (χ2v) is 6.48. The molecule has 3 aromatic rings. The van der Waals surface area contributed by atoms with Crippen molar-refractivity contribution in [2.24, 2.45) is 4.99 Å². The van der Waals surface area contributed by atoms with Crippen LogP contribution in [0.2, 0.25) is 0 Å². The van der Waals surface area contributed by atoms with Crippen molar-refractivity contribution in [1.29, 1.82) is 0 Å². The molecule has 0 atom stereocenters. The second-order valence-electron chi connectivity index (χ2n) is 6.48. The number of hydrogen-bond acceptors (Lipinski definition) is 5. The molecular formula is C20H18F4N6. The van der Waals surface area contributed by atoms with Gasteiger partial charge in [-0.05, 0) is 43.0 Å². The lowest BCUT2D eigenvalue weighted by atomic mass is 10.1. The number of pyridine rings is 1. The molecule has 0 fully saturated rings. The minimum absolute atomic E-state index is 0.199. The molecule has 1 N–H and O–H groups in total. The standard InChI is InChI=1S/C20H18F4N6/c1-25-17(12-30(2)10-8-13-3-5-15(21)6-4-13)16-11-14(7-9-26-16)18-19(20(22,23)24)28-29-27-18/h3-7,9,11-12H,1,8,10H2,2H3,(H,27,28,29)/b17-12-. The summed E-state index contributed by atoms with van der Waals surface area (Å²) in [4.78, 5) is 9.98. The first-order valence-electron chi connectivity index (χ1n) is 8.86. The Morgan fingerprint density at radius 1 is 1.20 bits per heavy atom. The Hall–Kier alpha value is -3.56. The topological polar surface area (TPSA) is 70.1 Å². The van der Waals surface area contributed by atoms with E-state index in [0.717, 1.165) is 5.56 Å². The zero-order chi connectivity index (χ0) is 21.7. The number of halogens is 4. The molecule has 30 heavy (non-hydrogen) atoms. The van der Waals surface area contributed by atoms with Crippen LogP contribution in [-0.2, 0) is 12.6 Å². The summed E-state index contributed by atoms with van der Waals surface area (Å²) in [7, 11) is 1.82. The van der Waals surface area contributed by atoms with Crippen molar-refractivity contribution in [2.75, 3.05) is 13.6 Å². The SMILES string of the molecule is C=N/C(=C\N(C)CCc1ccc(F)cc1)c1cc(-c2n[nH]nc2C(F)(F)F)ccn1. The number of rotatable bonds is 7. The molecule has 0 amide bonds. The third-order valence-corrected chi connectivity index (χ3v) is 4.29. The summed E-state index contributed by atoms with van der Waals surface area (Å²) in [6.07, 6.45) is -0.909. The highest BCUT2D eigenvalue weighted by atomic mass is 19.4. The minimum Gasteiger partial charge on any atom is -0.378 e. The molecule has 10 heteroatoms. The van der Waals surface area contributed by atoms with Crippen LogP contribution in [0.15, 0.2) is 53.8 Å². The molecule has 1 aromatic carbocycles. The Balaban J connectivity index is 1.79. The molecule has 0 saturated carbocycles. The van der Waals surface area contributed by atoms with Crippen molar-refractivity contribution in [3.05, 3.63) is 71.6 Å². The van der Waals surface area contributed by atoms with Gasteiger partial charge in [0.15, 0.2) is 5.69 Å². The van der Waals surface area contributed by atoms with Gasteiger partial charge in [-0.3, -0.25) is 9.98 Å². The van der Waals surface area contributed by atoms with Crippen LogP contribution < -0.4 is 0 Å². The lowest BCUT2D eigenvalue weighted by Crippen LogP contribution is -2.15. The number of likely N-dealkylation sites (N-methyl/N-ethyl adjacent to an activating group) is 1. The van der Waals surface area contributed by atoms with Crippen LogP contribution in [0.25, 0.3) is 17.0 Å². The fourth-order valence-electron chi connectivity index (χ4n) is 2.77. The van der Waals surface area contributed by atoms with Gasteiger partial charge in [0.1, 0.15) is 17.2 Å². The minimum atomic E-state index is -4.64. The summed E-state index contributed by atoms with van der Waals surface area (Å²) in [6, 6.07) is 9.07. The second kappa shape index (κ2) is 8.85. The van der Waals surface area contributed by atoms with Gasteiger partial charge >= 0.3 is 6.18 Å². The van der Waals surface area contributed by atoms with Gasteiger partial charge in [0, 0.05) is 31.6 Å². The van der Waals surface area contributed by atoms with Gasteiger partial charge in [0.2, 0.25) is 0 Å². The molecule has 0 aliphatic rings. The van der Waals surface area contributed by atoms with Crippen molar-refractivity contribution in [3.8, 4) is 11.3 Å². The maximum absolute atomic E-state index is 13.1. The number of aliphatic imine (C=N–C) groups is 1. The fraction of sp³-hybridized carbons (Fsp3) is 0.200. The van der Waals surface area contributed by atoms with Gasteiger partial charge in [-0.2, -0.15) is 28.6 Å². The van der Waals surface area contributed by atoms with Crippen molar-refractivity contribution < 1.29 is 17.6 Å². The molecule has 2 aromatic heterocycles. The van der Waals surface area contributed by atoms with Crippen molar-refractivity contribution >= 4 is 12.4 Å². The number of nitrogens with zero attached hydrogens (tertiary/aromatic N) is 5. The average Bonchev–Trinajstić information content (AvgIpc) is 3.22. The lowest BCUT2D eigenvalue weighted by molar-refractivity contribution is -0.140. The van der Waals surface area contributed by atoms with Gasteiger partial charge in [0.05, 0.1) is 5.69 Å². The lowest BCUT2D eigenvalue weighted by Gasteiger charge is -2.15. The van der Waals surface area contributed by atoms with Crippen molar-refractivity contribution in [3.63, 3.8) is 0 Å². The smallest absolute Gasteiger partial charge is 0.378 e. The Morgan fingerprint density at radius 2 is 1.93 bits per heavy atom. The van der Waals surface area contributed by atoms with E-state index in [1.54, 1.807) is 18.3 Å². The number of aromatic nitrogens is 4. The molecule has 0 saturated heterocycles. The summed E-state index contributed by atoms with van der Waals surface area (Å²) >= 11 is 0. The van der Waals surface area contributed by atoms with E-state index in [9.17, 15) is 17.6 Å². The van der Waals surface area contributed by atoms with Gasteiger partial charge in [0.25, 0.3) is 0 Å². The summed E-state index contributed by atoms with van der Waals surface area (Å²) < 4.78 is 52.3. The van der Waals surface area contributed by atoms with Crippen molar-refractivity contribution in [2.45, 2.75) is 12.6 Å². The molecule has 0 radical (unpaired) electrons. The van der Waals surface area contributed by atoms with Crippen LogP contribution in [0.4, 0.5) is 17.6 Å². The van der Waals surface area contributed by atoms with E-state index in [0.29, 0.717) is 24.4 Å². The highest BCUT2D eigenvalue weighted by Gasteiger charge is 2.38. The number of hydrogen-bond donors (Lipinski definition) is 1. The van der Waals surface area contributed by atoms with Crippen LogP contribution in [0.1, 0.15) is 17.0 Å². The summed E-state index contributed by atoms with van der Waals surface area (Å²) in [5.41, 5.74) is 0.468. The van der Waals surface area contributed by atoms with E-state index in [1.807, 2.05) is 17.2 Å². The predicted octanol–water partition coefficient (Wildman–Crippen LogP) is 4.20. The Bertz CT molecular complexity index is 1040. The van der Waals surface area contributed by atoms with E-state index in [-0.39, 0.29) is 17.1 Å². The van der Waals surface area contributed by atoms with Gasteiger partial charge in [-0.1, -0.05) is 12.1 Å². The van der Waals surface area contributed by atoms with E-state index in [2.05, 4.69) is 26.9 Å².